The first-order valence-corrected chi connectivity index (χ1v) is 11.3. The predicted octanol–water partition coefficient (Wildman–Crippen LogP) is 2.99. The van der Waals surface area contributed by atoms with Gasteiger partial charge in [0.2, 0.25) is 5.91 Å². The van der Waals surface area contributed by atoms with Gasteiger partial charge in [0.1, 0.15) is 8.07 Å². The van der Waals surface area contributed by atoms with E-state index in [0.717, 1.165) is 25.9 Å². The van der Waals surface area contributed by atoms with Gasteiger partial charge in [-0.3, -0.25) is 4.79 Å². The number of benzene rings is 2. The van der Waals surface area contributed by atoms with Crippen molar-refractivity contribution >= 4 is 24.4 Å². The minimum Gasteiger partial charge on any atom is -0.339 e. The van der Waals surface area contributed by atoms with E-state index in [2.05, 4.69) is 79.0 Å². The van der Waals surface area contributed by atoms with Gasteiger partial charge >= 0.3 is 0 Å². The predicted molar refractivity (Wildman–Crippen MR) is 103 cm³/mol. The molecule has 0 spiro atoms. The summed E-state index contributed by atoms with van der Waals surface area (Å²) < 4.78 is 0. The maximum absolute atomic E-state index is 12.0. The smallest absolute Gasteiger partial charge is 0.222 e. The molecule has 1 aliphatic heterocycles. The molecule has 1 saturated heterocycles. The van der Waals surface area contributed by atoms with Crippen molar-refractivity contribution in [2.75, 3.05) is 13.1 Å². The molecule has 0 aromatic heterocycles. The van der Waals surface area contributed by atoms with Crippen molar-refractivity contribution in [3.63, 3.8) is 0 Å². The lowest BCUT2D eigenvalue weighted by molar-refractivity contribution is -0.132. The first-order valence-electron chi connectivity index (χ1n) is 8.77. The van der Waals surface area contributed by atoms with Crippen molar-refractivity contribution in [1.82, 2.24) is 4.90 Å². The van der Waals surface area contributed by atoms with Crippen molar-refractivity contribution in [2.24, 2.45) is 0 Å². The Morgan fingerprint density at radius 1 is 0.958 bits per heavy atom. The number of carbonyl (C=O) groups excluding carboxylic acids is 1. The number of hydrogen-bond acceptors (Lipinski definition) is 1. The lowest BCUT2D eigenvalue weighted by Crippen LogP contribution is -2.54. The van der Waals surface area contributed by atoms with Crippen LogP contribution >= 0.6 is 0 Å². The highest BCUT2D eigenvalue weighted by Crippen LogP contribution is 2.12. The van der Waals surface area contributed by atoms with Gasteiger partial charge in [0.25, 0.3) is 0 Å². The molecule has 0 aliphatic carbocycles. The van der Waals surface area contributed by atoms with Gasteiger partial charge in [-0.2, -0.15) is 0 Å². The molecule has 0 saturated carbocycles. The largest absolute Gasteiger partial charge is 0.339 e. The molecular weight excluding hydrogens is 310 g/mol. The van der Waals surface area contributed by atoms with Crippen LogP contribution in [-0.4, -0.2) is 32.0 Å². The fourth-order valence-electron chi connectivity index (χ4n) is 3.40. The van der Waals surface area contributed by atoms with E-state index >= 15 is 0 Å². The summed E-state index contributed by atoms with van der Waals surface area (Å²) in [6.07, 6.45) is 5.10. The topological polar surface area (TPSA) is 20.3 Å². The van der Waals surface area contributed by atoms with Gasteiger partial charge in [0.05, 0.1) is 0 Å². The molecule has 3 rings (SSSR count). The summed E-state index contributed by atoms with van der Waals surface area (Å²) in [4.78, 5) is 14.0. The molecule has 124 valence electrons. The number of rotatable bonds is 5. The van der Waals surface area contributed by atoms with E-state index in [1.54, 1.807) is 0 Å². The van der Waals surface area contributed by atoms with Crippen LogP contribution in [0.25, 0.3) is 0 Å². The van der Waals surface area contributed by atoms with Gasteiger partial charge in [-0.15, -0.1) is 0 Å². The molecule has 3 heteroatoms. The third-order valence-corrected chi connectivity index (χ3v) is 8.91. The minimum absolute atomic E-state index is 0.300. The first-order chi connectivity index (χ1) is 11.7. The summed E-state index contributed by atoms with van der Waals surface area (Å²) in [5, 5.41) is 2.80. The van der Waals surface area contributed by atoms with Crippen LogP contribution in [0.3, 0.4) is 0 Å². The molecule has 1 fully saturated rings. The molecule has 0 N–H and O–H groups in total. The molecule has 0 unspecified atom stereocenters. The van der Waals surface area contributed by atoms with Crippen LogP contribution < -0.4 is 10.4 Å². The molecule has 1 heterocycles. The Morgan fingerprint density at radius 3 is 2.08 bits per heavy atom. The Labute approximate surface area is 145 Å². The molecule has 0 radical (unpaired) electrons. The van der Waals surface area contributed by atoms with Crippen molar-refractivity contribution in [2.45, 2.75) is 25.8 Å². The average molecular weight is 336 g/mol. The second-order valence-electron chi connectivity index (χ2n) is 6.63. The highest BCUT2D eigenvalue weighted by Gasteiger charge is 2.28. The Bertz CT molecular complexity index is 657. The monoisotopic (exact) mass is 335 g/mol. The number of carbonyl (C=O) groups is 1. The highest BCUT2D eigenvalue weighted by molar-refractivity contribution is 7.05. The molecule has 0 atom stereocenters. The second kappa shape index (κ2) is 7.62. The lowest BCUT2D eigenvalue weighted by Gasteiger charge is -2.27. The summed E-state index contributed by atoms with van der Waals surface area (Å²) in [5.41, 5.74) is 2.39. The third kappa shape index (κ3) is 3.67. The molecular formula is C21H25NOSi. The number of nitrogens with zero attached hydrogens (tertiary/aromatic N) is 1. The number of likely N-dealkylation sites (tertiary alicyclic amines) is 1. The summed E-state index contributed by atoms with van der Waals surface area (Å²) in [7, 11) is -1.93. The minimum atomic E-state index is -1.93. The SMILES string of the molecule is C[Si](/C=C/CN1CCCCC1=O)(c1ccccc1)c1ccccc1. The third-order valence-electron chi connectivity index (χ3n) is 4.95. The molecule has 0 bridgehead atoms. The van der Waals surface area contributed by atoms with Crippen molar-refractivity contribution < 1.29 is 4.79 Å². The van der Waals surface area contributed by atoms with E-state index in [1.165, 1.54) is 10.4 Å². The molecule has 2 aromatic rings. The molecule has 1 aliphatic rings. The average Bonchev–Trinajstić information content (AvgIpc) is 2.64. The Kier molecular flexibility index (Phi) is 5.31. The summed E-state index contributed by atoms with van der Waals surface area (Å²) in [6, 6.07) is 21.5. The van der Waals surface area contributed by atoms with E-state index in [0.29, 0.717) is 12.3 Å². The molecule has 2 aromatic carbocycles. The zero-order valence-electron chi connectivity index (χ0n) is 14.3. The van der Waals surface area contributed by atoms with Crippen molar-refractivity contribution in [3.8, 4) is 0 Å². The second-order valence-corrected chi connectivity index (χ2v) is 10.5. The van der Waals surface area contributed by atoms with E-state index in [-0.39, 0.29) is 0 Å². The highest BCUT2D eigenvalue weighted by atomic mass is 28.3. The van der Waals surface area contributed by atoms with E-state index in [1.807, 2.05) is 4.90 Å². The number of piperidine rings is 1. The standard InChI is InChI=1S/C21H25NOSi/c1-24(19-11-4-2-5-12-19,20-13-6-3-7-14-20)18-10-17-22-16-9-8-15-21(22)23/h2-7,10-14,18H,8-9,15-17H2,1H3/b18-10+. The zero-order chi connectivity index (χ0) is 16.8. The van der Waals surface area contributed by atoms with Crippen LogP contribution in [0.15, 0.2) is 72.4 Å². The maximum atomic E-state index is 12.0. The van der Waals surface area contributed by atoms with Gasteiger partial charge in [-0.05, 0) is 12.8 Å². The molecule has 1 amide bonds. The fraction of sp³-hybridized carbons (Fsp3) is 0.286. The summed E-state index contributed by atoms with van der Waals surface area (Å²) in [6.45, 7) is 4.02. The summed E-state index contributed by atoms with van der Waals surface area (Å²) >= 11 is 0. The molecule has 24 heavy (non-hydrogen) atoms. The van der Waals surface area contributed by atoms with Crippen molar-refractivity contribution in [1.29, 1.82) is 0 Å². The Morgan fingerprint density at radius 2 is 1.54 bits per heavy atom. The lowest BCUT2D eigenvalue weighted by atomic mass is 10.1. The Hall–Kier alpha value is -2.13. The number of hydrogen-bond donors (Lipinski definition) is 0. The van der Waals surface area contributed by atoms with Crippen LogP contribution in [0.5, 0.6) is 0 Å². The van der Waals surface area contributed by atoms with E-state index < -0.39 is 8.07 Å². The van der Waals surface area contributed by atoms with Crippen molar-refractivity contribution in [3.05, 3.63) is 72.4 Å². The molecule has 2 nitrogen and oxygen atoms in total. The quantitative estimate of drug-likeness (QED) is 0.769. The van der Waals surface area contributed by atoms with Crippen LogP contribution in [0, 0.1) is 0 Å². The van der Waals surface area contributed by atoms with Gasteiger partial charge in [0.15, 0.2) is 0 Å². The van der Waals surface area contributed by atoms with Crippen LogP contribution in [-0.2, 0) is 4.79 Å². The van der Waals surface area contributed by atoms with Gasteiger partial charge in [-0.1, -0.05) is 89.4 Å². The first kappa shape index (κ1) is 16.7. The van der Waals surface area contributed by atoms with Gasteiger partial charge in [-0.25, -0.2) is 0 Å². The zero-order valence-corrected chi connectivity index (χ0v) is 15.3. The van der Waals surface area contributed by atoms with Gasteiger partial charge < -0.3 is 4.90 Å². The van der Waals surface area contributed by atoms with E-state index in [4.69, 9.17) is 0 Å². The van der Waals surface area contributed by atoms with E-state index in [9.17, 15) is 4.79 Å². The summed E-state index contributed by atoms with van der Waals surface area (Å²) in [5.74, 6) is 0.300. The number of amides is 1. The van der Waals surface area contributed by atoms with Crippen LogP contribution in [0.1, 0.15) is 19.3 Å². The van der Waals surface area contributed by atoms with Crippen LogP contribution in [0.2, 0.25) is 6.55 Å². The fourth-order valence-corrected chi connectivity index (χ4v) is 6.46. The normalized spacial score (nSPS) is 15.9. The maximum Gasteiger partial charge on any atom is 0.222 e. The van der Waals surface area contributed by atoms with Crippen LogP contribution in [0.4, 0.5) is 0 Å². The van der Waals surface area contributed by atoms with Gasteiger partial charge in [0, 0.05) is 19.5 Å². The Balaban J connectivity index is 1.85.